The van der Waals surface area contributed by atoms with Crippen LogP contribution in [0.25, 0.3) is 22.0 Å². The van der Waals surface area contributed by atoms with Crippen LogP contribution in [0, 0.1) is 23.1 Å². The Morgan fingerprint density at radius 1 is 1.12 bits per heavy atom. The molecule has 2 atom stereocenters. The van der Waals surface area contributed by atoms with Crippen molar-refractivity contribution in [2.45, 2.75) is 39.7 Å². The number of ether oxygens (including phenoxy) is 1. The highest BCUT2D eigenvalue weighted by Gasteiger charge is 2.38. The van der Waals surface area contributed by atoms with Crippen molar-refractivity contribution in [2.24, 2.45) is 10.9 Å². The van der Waals surface area contributed by atoms with E-state index in [2.05, 4.69) is 16.0 Å². The maximum atomic E-state index is 13.4. The number of aliphatic imine (C=N–C) groups is 1. The predicted octanol–water partition coefficient (Wildman–Crippen LogP) is 5.96. The van der Waals surface area contributed by atoms with E-state index in [0.29, 0.717) is 17.0 Å². The Bertz CT molecular complexity index is 1330. The van der Waals surface area contributed by atoms with Gasteiger partial charge in [-0.15, -0.1) is 0 Å². The first kappa shape index (κ1) is 22.3. The zero-order valence-corrected chi connectivity index (χ0v) is 19.0. The smallest absolute Gasteiger partial charge is 0.336 e. The lowest BCUT2D eigenvalue weighted by Crippen LogP contribution is -2.30. The Labute approximate surface area is 192 Å². The molecule has 0 amide bonds. The van der Waals surface area contributed by atoms with E-state index in [1.165, 1.54) is 12.1 Å². The Morgan fingerprint density at radius 3 is 2.52 bits per heavy atom. The SMILES string of the molecule is CC1=NC(C)=C(C(=O)OC(C)C)C(c2cccc3ncc(-c4ccc(F)cc4)cc23)C1C#N. The van der Waals surface area contributed by atoms with E-state index in [1.807, 2.05) is 31.2 Å². The van der Waals surface area contributed by atoms with E-state index in [9.17, 15) is 14.4 Å². The summed E-state index contributed by atoms with van der Waals surface area (Å²) in [6, 6.07) is 16.2. The van der Waals surface area contributed by atoms with Crippen LogP contribution in [0.15, 0.2) is 71.0 Å². The van der Waals surface area contributed by atoms with E-state index in [0.717, 1.165) is 27.6 Å². The van der Waals surface area contributed by atoms with Crippen LogP contribution in [0.1, 0.15) is 39.2 Å². The number of rotatable bonds is 4. The first-order valence-electron chi connectivity index (χ1n) is 10.8. The van der Waals surface area contributed by atoms with E-state index in [4.69, 9.17) is 4.74 Å². The molecular weight excluding hydrogens is 417 g/mol. The molecule has 0 spiro atoms. The summed E-state index contributed by atoms with van der Waals surface area (Å²) in [5.41, 5.74) is 4.78. The van der Waals surface area contributed by atoms with Crippen LogP contribution in [-0.4, -0.2) is 22.8 Å². The molecule has 0 aliphatic carbocycles. The summed E-state index contributed by atoms with van der Waals surface area (Å²) in [6.07, 6.45) is 1.44. The summed E-state index contributed by atoms with van der Waals surface area (Å²) in [6.45, 7) is 7.16. The minimum atomic E-state index is -0.622. The number of halogens is 1. The minimum absolute atomic E-state index is 0.301. The van der Waals surface area contributed by atoms with Crippen LogP contribution in [-0.2, 0) is 9.53 Å². The maximum absolute atomic E-state index is 13.4. The van der Waals surface area contributed by atoms with Crippen molar-refractivity contribution in [3.8, 4) is 17.2 Å². The molecule has 2 aromatic carbocycles. The highest BCUT2D eigenvalue weighted by molar-refractivity contribution is 6.00. The van der Waals surface area contributed by atoms with Crippen LogP contribution < -0.4 is 0 Å². The highest BCUT2D eigenvalue weighted by atomic mass is 19.1. The van der Waals surface area contributed by atoms with Gasteiger partial charge in [0.1, 0.15) is 5.82 Å². The van der Waals surface area contributed by atoms with Crippen LogP contribution >= 0.6 is 0 Å². The Balaban J connectivity index is 1.93. The summed E-state index contributed by atoms with van der Waals surface area (Å²) in [5.74, 6) is -1.95. The summed E-state index contributed by atoms with van der Waals surface area (Å²) in [5, 5.41) is 10.9. The second-order valence-corrected chi connectivity index (χ2v) is 8.44. The van der Waals surface area contributed by atoms with E-state index in [-0.39, 0.29) is 11.9 Å². The van der Waals surface area contributed by atoms with Gasteiger partial charge in [0.2, 0.25) is 0 Å². The van der Waals surface area contributed by atoms with Crippen molar-refractivity contribution < 1.29 is 13.9 Å². The minimum Gasteiger partial charge on any atom is -0.460 e. The molecule has 2 unspecified atom stereocenters. The van der Waals surface area contributed by atoms with Gasteiger partial charge in [0.15, 0.2) is 0 Å². The van der Waals surface area contributed by atoms with Gasteiger partial charge in [0, 0.05) is 34.5 Å². The second-order valence-electron chi connectivity index (χ2n) is 8.44. The molecule has 1 aliphatic heterocycles. The predicted molar refractivity (Wildman–Crippen MR) is 126 cm³/mol. The molecule has 166 valence electrons. The van der Waals surface area contributed by atoms with Crippen LogP contribution in [0.5, 0.6) is 0 Å². The van der Waals surface area contributed by atoms with Gasteiger partial charge in [-0.25, -0.2) is 9.18 Å². The molecule has 5 nitrogen and oxygen atoms in total. The number of pyridine rings is 1. The average Bonchev–Trinajstić information content (AvgIpc) is 2.78. The summed E-state index contributed by atoms with van der Waals surface area (Å²) in [4.78, 5) is 22.2. The normalized spacial score (nSPS) is 18.3. The lowest BCUT2D eigenvalue weighted by atomic mass is 9.75. The van der Waals surface area contributed by atoms with Crippen molar-refractivity contribution in [2.75, 3.05) is 0 Å². The van der Waals surface area contributed by atoms with Gasteiger partial charge in [-0.1, -0.05) is 24.3 Å². The van der Waals surface area contributed by atoms with Gasteiger partial charge in [0.05, 0.1) is 29.2 Å². The second kappa shape index (κ2) is 8.95. The van der Waals surface area contributed by atoms with Gasteiger partial charge in [0.25, 0.3) is 0 Å². The molecular formula is C27H24FN3O2. The quantitative estimate of drug-likeness (QED) is 0.468. The molecule has 0 fully saturated rings. The molecule has 1 aliphatic rings. The summed E-state index contributed by atoms with van der Waals surface area (Å²) in [7, 11) is 0. The lowest BCUT2D eigenvalue weighted by Gasteiger charge is -2.30. The number of hydrogen-bond acceptors (Lipinski definition) is 5. The number of nitrogens with zero attached hydrogens (tertiary/aromatic N) is 3. The third-order valence-corrected chi connectivity index (χ3v) is 5.80. The molecule has 3 aromatic rings. The van der Waals surface area contributed by atoms with Gasteiger partial charge < -0.3 is 4.74 Å². The number of allylic oxidation sites excluding steroid dienone is 1. The molecule has 0 saturated carbocycles. The van der Waals surface area contributed by atoms with Gasteiger partial charge in [-0.05, 0) is 63.1 Å². The van der Waals surface area contributed by atoms with Crippen molar-refractivity contribution in [1.82, 2.24) is 4.98 Å². The number of benzene rings is 2. The maximum Gasteiger partial charge on any atom is 0.336 e. The van der Waals surface area contributed by atoms with Crippen molar-refractivity contribution in [3.63, 3.8) is 0 Å². The Kier molecular flexibility index (Phi) is 6.06. The Morgan fingerprint density at radius 2 is 1.85 bits per heavy atom. The summed E-state index contributed by atoms with van der Waals surface area (Å²) >= 11 is 0. The summed E-state index contributed by atoms with van der Waals surface area (Å²) < 4.78 is 19.0. The van der Waals surface area contributed by atoms with E-state index < -0.39 is 17.8 Å². The molecule has 33 heavy (non-hydrogen) atoms. The molecule has 0 bridgehead atoms. The van der Waals surface area contributed by atoms with Crippen molar-refractivity contribution in [3.05, 3.63) is 77.4 Å². The standard InChI is InChI=1S/C27H24FN3O2/c1-15(2)33-27(32)25-17(4)31-16(3)23(13-29)26(25)21-6-5-7-24-22(21)12-19(14-30-24)18-8-10-20(28)11-9-18/h5-12,14-15,23,26H,1-4H3. The van der Waals surface area contributed by atoms with Crippen LogP contribution in [0.2, 0.25) is 0 Å². The fourth-order valence-corrected chi connectivity index (χ4v) is 4.33. The zero-order valence-electron chi connectivity index (χ0n) is 19.0. The molecule has 0 N–H and O–H groups in total. The number of fused-ring (bicyclic) bond motifs is 1. The third kappa shape index (κ3) is 4.27. The topological polar surface area (TPSA) is 75.3 Å². The molecule has 0 radical (unpaired) electrons. The molecule has 1 aromatic heterocycles. The van der Waals surface area contributed by atoms with Gasteiger partial charge in [-0.3, -0.25) is 9.98 Å². The lowest BCUT2D eigenvalue weighted by molar-refractivity contribution is -0.143. The largest absolute Gasteiger partial charge is 0.460 e. The number of hydrogen-bond donors (Lipinski definition) is 0. The van der Waals surface area contributed by atoms with Gasteiger partial charge in [-0.2, -0.15) is 5.26 Å². The number of esters is 1. The fourth-order valence-electron chi connectivity index (χ4n) is 4.33. The molecule has 4 rings (SSSR count). The fraction of sp³-hybridized carbons (Fsp3) is 0.259. The number of nitriles is 1. The van der Waals surface area contributed by atoms with Crippen LogP contribution in [0.4, 0.5) is 4.39 Å². The van der Waals surface area contributed by atoms with Crippen LogP contribution in [0.3, 0.4) is 0 Å². The van der Waals surface area contributed by atoms with E-state index >= 15 is 0 Å². The number of aromatic nitrogens is 1. The van der Waals surface area contributed by atoms with E-state index in [1.54, 1.807) is 39.1 Å². The first-order valence-corrected chi connectivity index (χ1v) is 10.8. The number of carbonyl (C=O) groups is 1. The third-order valence-electron chi connectivity index (χ3n) is 5.80. The molecule has 2 heterocycles. The monoisotopic (exact) mass is 441 g/mol. The average molecular weight is 442 g/mol. The zero-order chi connectivity index (χ0) is 23.7. The highest BCUT2D eigenvalue weighted by Crippen LogP contribution is 2.42. The van der Waals surface area contributed by atoms with Gasteiger partial charge >= 0.3 is 5.97 Å². The number of carbonyl (C=O) groups excluding carboxylic acids is 1. The van der Waals surface area contributed by atoms with Crippen molar-refractivity contribution >= 4 is 22.6 Å². The first-order chi connectivity index (χ1) is 15.8. The Hall–Kier alpha value is -3.85. The van der Waals surface area contributed by atoms with Crippen molar-refractivity contribution in [1.29, 1.82) is 5.26 Å². The molecule has 6 heteroatoms. The molecule has 0 saturated heterocycles.